The number of aromatic nitrogens is 3. The van der Waals surface area contributed by atoms with E-state index in [-0.39, 0.29) is 12.4 Å². The molecule has 0 aliphatic heterocycles. The summed E-state index contributed by atoms with van der Waals surface area (Å²) in [5.74, 6) is 8.08. The lowest BCUT2D eigenvalue weighted by Gasteiger charge is -2.07. The van der Waals surface area contributed by atoms with E-state index in [4.69, 9.17) is 10.6 Å². The van der Waals surface area contributed by atoms with Crippen molar-refractivity contribution in [1.82, 2.24) is 14.9 Å². The van der Waals surface area contributed by atoms with E-state index in [2.05, 4.69) is 48.3 Å². The molecule has 0 saturated carbocycles. The van der Waals surface area contributed by atoms with Crippen LogP contribution in [-0.4, -0.2) is 14.9 Å². The molecule has 0 saturated heterocycles. The summed E-state index contributed by atoms with van der Waals surface area (Å²) in [5, 5.41) is 8.80. The average molecular weight is 372 g/mol. The fourth-order valence-electron chi connectivity index (χ4n) is 2.33. The number of nitrogen functional groups attached to an aromatic ring is 1. The van der Waals surface area contributed by atoms with Crippen LogP contribution >= 0.6 is 11.8 Å². The van der Waals surface area contributed by atoms with Crippen molar-refractivity contribution in [1.29, 1.82) is 0 Å². The van der Waals surface area contributed by atoms with Crippen LogP contribution in [0, 0.1) is 5.82 Å². The largest absolute Gasteiger partial charge is 0.486 e. The maximum absolute atomic E-state index is 12.9. The summed E-state index contributed by atoms with van der Waals surface area (Å²) < 4.78 is 19.9. The average Bonchev–Trinajstić information content (AvgIpc) is 3.00. The van der Waals surface area contributed by atoms with E-state index in [1.54, 1.807) is 12.1 Å². The van der Waals surface area contributed by atoms with Gasteiger partial charge in [0.25, 0.3) is 0 Å². The SMILES string of the molecule is CC(C)c1ccc(CSc2nnc(COc3ccc(F)cc3)n2N)cc1. The molecule has 0 atom stereocenters. The minimum Gasteiger partial charge on any atom is -0.486 e. The molecule has 136 valence electrons. The van der Waals surface area contributed by atoms with Gasteiger partial charge in [-0.15, -0.1) is 10.2 Å². The lowest BCUT2D eigenvalue weighted by Crippen LogP contribution is -2.15. The molecular formula is C19H21FN4OS. The van der Waals surface area contributed by atoms with Gasteiger partial charge in [-0.05, 0) is 41.3 Å². The van der Waals surface area contributed by atoms with Crippen molar-refractivity contribution in [3.8, 4) is 5.75 Å². The summed E-state index contributed by atoms with van der Waals surface area (Å²) in [7, 11) is 0. The highest BCUT2D eigenvalue weighted by Crippen LogP contribution is 2.22. The molecule has 7 heteroatoms. The van der Waals surface area contributed by atoms with Crippen molar-refractivity contribution in [3.63, 3.8) is 0 Å². The van der Waals surface area contributed by atoms with Crippen LogP contribution in [0.15, 0.2) is 53.7 Å². The summed E-state index contributed by atoms with van der Waals surface area (Å²) in [5.41, 5.74) is 2.52. The van der Waals surface area contributed by atoms with E-state index in [1.807, 2.05) is 0 Å². The van der Waals surface area contributed by atoms with E-state index < -0.39 is 0 Å². The van der Waals surface area contributed by atoms with Gasteiger partial charge in [0.15, 0.2) is 5.82 Å². The van der Waals surface area contributed by atoms with Crippen molar-refractivity contribution < 1.29 is 9.13 Å². The third-order valence-corrected chi connectivity index (χ3v) is 4.95. The Kier molecular flexibility index (Phi) is 5.78. The van der Waals surface area contributed by atoms with Crippen molar-refractivity contribution in [2.45, 2.75) is 37.3 Å². The Hall–Kier alpha value is -2.54. The molecule has 5 nitrogen and oxygen atoms in total. The first-order valence-corrected chi connectivity index (χ1v) is 9.31. The molecule has 3 rings (SSSR count). The molecule has 0 aliphatic carbocycles. The van der Waals surface area contributed by atoms with Crippen LogP contribution in [0.25, 0.3) is 0 Å². The smallest absolute Gasteiger partial charge is 0.210 e. The molecule has 0 aliphatic rings. The molecule has 2 aromatic carbocycles. The number of nitrogens with two attached hydrogens (primary N) is 1. The van der Waals surface area contributed by atoms with Gasteiger partial charge in [0.1, 0.15) is 18.2 Å². The highest BCUT2D eigenvalue weighted by atomic mass is 32.2. The second-order valence-electron chi connectivity index (χ2n) is 6.20. The number of hydrogen-bond acceptors (Lipinski definition) is 5. The lowest BCUT2D eigenvalue weighted by molar-refractivity contribution is 0.291. The number of benzene rings is 2. The monoisotopic (exact) mass is 372 g/mol. The second-order valence-corrected chi connectivity index (χ2v) is 7.14. The molecular weight excluding hydrogens is 351 g/mol. The second kappa shape index (κ2) is 8.23. The highest BCUT2D eigenvalue weighted by Gasteiger charge is 2.11. The molecule has 1 heterocycles. The molecule has 3 aromatic rings. The normalized spacial score (nSPS) is 11.1. The van der Waals surface area contributed by atoms with E-state index in [9.17, 15) is 4.39 Å². The number of halogens is 1. The van der Waals surface area contributed by atoms with E-state index in [0.29, 0.717) is 22.6 Å². The Morgan fingerprint density at radius 1 is 1.08 bits per heavy atom. The standard InChI is InChI=1S/C19H21FN4OS/c1-13(2)15-5-3-14(4-6-15)12-26-19-23-22-18(24(19)21)11-25-17-9-7-16(20)8-10-17/h3-10,13H,11-12,21H2,1-2H3. The minimum atomic E-state index is -0.306. The van der Waals surface area contributed by atoms with Gasteiger partial charge in [-0.1, -0.05) is 49.9 Å². The Labute approximate surface area is 156 Å². The Bertz CT molecular complexity index is 847. The molecule has 0 radical (unpaired) electrons. The molecule has 0 fully saturated rings. The van der Waals surface area contributed by atoms with Gasteiger partial charge in [-0.25, -0.2) is 9.07 Å². The number of thioether (sulfide) groups is 1. The quantitative estimate of drug-likeness (QED) is 0.499. The molecule has 0 bridgehead atoms. The number of rotatable bonds is 7. The van der Waals surface area contributed by atoms with E-state index in [0.717, 1.165) is 5.75 Å². The topological polar surface area (TPSA) is 66.0 Å². The predicted molar refractivity (Wildman–Crippen MR) is 101 cm³/mol. The van der Waals surface area contributed by atoms with E-state index >= 15 is 0 Å². The molecule has 0 unspecified atom stereocenters. The van der Waals surface area contributed by atoms with Gasteiger partial charge in [0.2, 0.25) is 5.16 Å². The van der Waals surface area contributed by atoms with Gasteiger partial charge >= 0.3 is 0 Å². The maximum atomic E-state index is 12.9. The molecule has 1 aromatic heterocycles. The summed E-state index contributed by atoms with van der Waals surface area (Å²) in [6.07, 6.45) is 0. The van der Waals surface area contributed by atoms with Crippen LogP contribution in [0.5, 0.6) is 5.75 Å². The summed E-state index contributed by atoms with van der Waals surface area (Å²) in [6.45, 7) is 4.52. The van der Waals surface area contributed by atoms with Crippen LogP contribution < -0.4 is 10.6 Å². The van der Waals surface area contributed by atoms with E-state index in [1.165, 1.54) is 39.7 Å². The Morgan fingerprint density at radius 3 is 2.42 bits per heavy atom. The number of hydrogen-bond donors (Lipinski definition) is 1. The zero-order valence-electron chi connectivity index (χ0n) is 14.7. The Balaban J connectivity index is 1.57. The van der Waals surface area contributed by atoms with Crippen LogP contribution in [0.3, 0.4) is 0 Å². The lowest BCUT2D eigenvalue weighted by atomic mass is 10.0. The fraction of sp³-hybridized carbons (Fsp3) is 0.263. The zero-order chi connectivity index (χ0) is 18.5. The van der Waals surface area contributed by atoms with Gasteiger partial charge in [-0.2, -0.15) is 0 Å². The molecule has 26 heavy (non-hydrogen) atoms. The predicted octanol–water partition coefficient (Wildman–Crippen LogP) is 4.13. The number of ether oxygens (including phenoxy) is 1. The van der Waals surface area contributed by atoms with Gasteiger partial charge in [0.05, 0.1) is 0 Å². The van der Waals surface area contributed by atoms with Crippen LogP contribution in [-0.2, 0) is 12.4 Å². The summed E-state index contributed by atoms with van der Waals surface area (Å²) in [4.78, 5) is 0. The molecule has 0 spiro atoms. The molecule has 0 amide bonds. The summed E-state index contributed by atoms with van der Waals surface area (Å²) >= 11 is 1.52. The van der Waals surface area contributed by atoms with Crippen molar-refractivity contribution in [2.75, 3.05) is 5.84 Å². The first-order chi connectivity index (χ1) is 12.5. The summed E-state index contributed by atoms with van der Waals surface area (Å²) in [6, 6.07) is 14.3. The third kappa shape index (κ3) is 4.54. The number of nitrogens with zero attached hydrogens (tertiary/aromatic N) is 3. The maximum Gasteiger partial charge on any atom is 0.210 e. The van der Waals surface area contributed by atoms with Crippen molar-refractivity contribution in [3.05, 3.63) is 71.3 Å². The van der Waals surface area contributed by atoms with Crippen molar-refractivity contribution >= 4 is 11.8 Å². The van der Waals surface area contributed by atoms with Crippen LogP contribution in [0.2, 0.25) is 0 Å². The first-order valence-electron chi connectivity index (χ1n) is 8.32. The van der Waals surface area contributed by atoms with Gasteiger partial charge < -0.3 is 10.6 Å². The molecule has 2 N–H and O–H groups in total. The zero-order valence-corrected chi connectivity index (χ0v) is 15.5. The third-order valence-electron chi connectivity index (χ3n) is 3.93. The van der Waals surface area contributed by atoms with Gasteiger partial charge in [-0.3, -0.25) is 0 Å². The highest BCUT2D eigenvalue weighted by molar-refractivity contribution is 7.98. The van der Waals surface area contributed by atoms with Gasteiger partial charge in [0, 0.05) is 5.75 Å². The first kappa shape index (κ1) is 18.3. The van der Waals surface area contributed by atoms with Crippen molar-refractivity contribution in [2.24, 2.45) is 0 Å². The van der Waals surface area contributed by atoms with Crippen LogP contribution in [0.4, 0.5) is 4.39 Å². The Morgan fingerprint density at radius 2 is 1.77 bits per heavy atom. The fourth-order valence-corrected chi connectivity index (χ4v) is 3.16. The van der Waals surface area contributed by atoms with Crippen LogP contribution in [0.1, 0.15) is 36.7 Å². The minimum absolute atomic E-state index is 0.165.